The van der Waals surface area contributed by atoms with Gasteiger partial charge in [-0.05, 0) is 53.0 Å². The van der Waals surface area contributed by atoms with Crippen molar-refractivity contribution in [2.45, 2.75) is 77.1 Å². The summed E-state index contributed by atoms with van der Waals surface area (Å²) < 4.78 is 41.5. The second kappa shape index (κ2) is 10.5. The number of rotatable bonds is 5. The van der Waals surface area contributed by atoms with Crippen LogP contribution in [0, 0.1) is 23.5 Å². The predicted octanol–water partition coefficient (Wildman–Crippen LogP) is 3.79. The minimum absolute atomic E-state index is 0.0436. The van der Waals surface area contributed by atoms with Crippen LogP contribution in [-0.2, 0) is 9.47 Å². The molecule has 198 valence electrons. The molecule has 1 aliphatic carbocycles. The maximum Gasteiger partial charge on any atom is 0.407 e. The number of amides is 1. The zero-order chi connectivity index (χ0) is 26.9. The third kappa shape index (κ3) is 6.10. The van der Waals surface area contributed by atoms with Gasteiger partial charge in [-0.3, -0.25) is 4.79 Å². The van der Waals surface area contributed by atoms with Crippen LogP contribution >= 0.6 is 0 Å². The molecule has 1 amide bonds. The Morgan fingerprint density at radius 3 is 2.65 bits per heavy atom. The van der Waals surface area contributed by atoms with Gasteiger partial charge in [0.1, 0.15) is 11.2 Å². The van der Waals surface area contributed by atoms with Crippen molar-refractivity contribution in [1.82, 2.24) is 15.2 Å². The number of halogens is 2. The molecule has 10 heteroatoms. The van der Waals surface area contributed by atoms with Crippen molar-refractivity contribution in [3.05, 3.63) is 45.2 Å². The standard InChI is InChI=1S/C27H31F2N3O5/c1-5-36-25(34)20-14-32(17-9-10-17)23-18(22(29)21(28)12-19(23)24(20)33)8-6-7-15-11-16(13-30-15)31-26(35)37-27(2,3)4/h12,14-17,30H,5,7,9-11,13H2,1-4H3,(H,31,35). The number of hydrogen-bond donors (Lipinski definition) is 2. The lowest BCUT2D eigenvalue weighted by atomic mass is 10.0. The molecular formula is C27H31F2N3O5. The zero-order valence-electron chi connectivity index (χ0n) is 21.4. The molecule has 2 heterocycles. The highest BCUT2D eigenvalue weighted by Gasteiger charge is 2.30. The van der Waals surface area contributed by atoms with Crippen molar-refractivity contribution in [1.29, 1.82) is 0 Å². The van der Waals surface area contributed by atoms with E-state index in [1.165, 1.54) is 6.20 Å². The van der Waals surface area contributed by atoms with Crippen molar-refractivity contribution >= 4 is 23.0 Å². The van der Waals surface area contributed by atoms with Gasteiger partial charge >= 0.3 is 12.1 Å². The Balaban J connectivity index is 1.60. The number of esters is 1. The van der Waals surface area contributed by atoms with Gasteiger partial charge < -0.3 is 24.7 Å². The first-order chi connectivity index (χ1) is 17.5. The summed E-state index contributed by atoms with van der Waals surface area (Å²) in [5.41, 5.74) is -1.57. The fourth-order valence-electron chi connectivity index (χ4n) is 4.40. The molecule has 2 fully saturated rings. The number of aromatic nitrogens is 1. The topological polar surface area (TPSA) is 98.7 Å². The molecular weight excluding hydrogens is 484 g/mol. The molecule has 1 aliphatic heterocycles. The third-order valence-electron chi connectivity index (χ3n) is 6.15. The average molecular weight is 516 g/mol. The molecule has 0 radical (unpaired) electrons. The molecule has 2 unspecified atom stereocenters. The van der Waals surface area contributed by atoms with E-state index in [-0.39, 0.29) is 46.8 Å². The van der Waals surface area contributed by atoms with Crippen LogP contribution in [0.4, 0.5) is 13.6 Å². The van der Waals surface area contributed by atoms with E-state index in [4.69, 9.17) is 9.47 Å². The van der Waals surface area contributed by atoms with Gasteiger partial charge in [-0.15, -0.1) is 0 Å². The van der Waals surface area contributed by atoms with E-state index in [2.05, 4.69) is 22.5 Å². The Labute approximate surface area is 213 Å². The number of carbonyl (C=O) groups is 2. The summed E-state index contributed by atoms with van der Waals surface area (Å²) in [7, 11) is 0. The average Bonchev–Trinajstić information content (AvgIpc) is 3.56. The minimum Gasteiger partial charge on any atom is -0.462 e. The van der Waals surface area contributed by atoms with E-state index in [0.29, 0.717) is 19.4 Å². The summed E-state index contributed by atoms with van der Waals surface area (Å²) in [5.74, 6) is 2.50. The molecule has 1 aromatic carbocycles. The van der Waals surface area contributed by atoms with Crippen molar-refractivity contribution in [2.75, 3.05) is 13.2 Å². The number of alkyl carbamates (subject to hydrolysis) is 1. The van der Waals surface area contributed by atoms with Crippen LogP contribution in [0.2, 0.25) is 0 Å². The van der Waals surface area contributed by atoms with Crippen LogP contribution in [0.25, 0.3) is 10.9 Å². The van der Waals surface area contributed by atoms with Gasteiger partial charge in [0, 0.05) is 37.3 Å². The first-order valence-electron chi connectivity index (χ1n) is 12.4. The van der Waals surface area contributed by atoms with Gasteiger partial charge in [0.15, 0.2) is 11.6 Å². The molecule has 1 saturated heterocycles. The molecule has 8 nitrogen and oxygen atoms in total. The molecule has 2 N–H and O–H groups in total. The van der Waals surface area contributed by atoms with Crippen molar-refractivity contribution in [3.8, 4) is 11.8 Å². The Morgan fingerprint density at radius 1 is 1.27 bits per heavy atom. The van der Waals surface area contributed by atoms with Gasteiger partial charge in [-0.2, -0.15) is 0 Å². The van der Waals surface area contributed by atoms with Crippen molar-refractivity contribution in [3.63, 3.8) is 0 Å². The van der Waals surface area contributed by atoms with Gasteiger partial charge in [0.25, 0.3) is 0 Å². The van der Waals surface area contributed by atoms with Crippen LogP contribution in [0.15, 0.2) is 17.1 Å². The second-order valence-corrected chi connectivity index (χ2v) is 10.4. The molecule has 0 spiro atoms. The van der Waals surface area contributed by atoms with Gasteiger partial charge in [-0.1, -0.05) is 11.8 Å². The number of fused-ring (bicyclic) bond motifs is 1. The van der Waals surface area contributed by atoms with Gasteiger partial charge in [0.05, 0.1) is 23.1 Å². The lowest BCUT2D eigenvalue weighted by Crippen LogP contribution is -2.40. The maximum absolute atomic E-state index is 15.0. The van der Waals surface area contributed by atoms with E-state index in [0.717, 1.165) is 18.9 Å². The number of nitrogens with one attached hydrogen (secondary N) is 2. The summed E-state index contributed by atoms with van der Waals surface area (Å²) in [6.45, 7) is 7.59. The SMILES string of the molecule is CCOC(=O)c1cn(C2CC2)c2c(C#CCC3CC(NC(=O)OC(C)(C)C)CN3)c(F)c(F)cc2c1=O. The highest BCUT2D eigenvalue weighted by molar-refractivity contribution is 5.95. The van der Waals surface area contributed by atoms with Crippen LogP contribution < -0.4 is 16.1 Å². The predicted molar refractivity (Wildman–Crippen MR) is 133 cm³/mol. The molecule has 1 aromatic heterocycles. The number of hydrogen-bond acceptors (Lipinski definition) is 6. The Morgan fingerprint density at radius 2 is 2.00 bits per heavy atom. The summed E-state index contributed by atoms with van der Waals surface area (Å²) in [5, 5.41) is 5.96. The monoisotopic (exact) mass is 515 g/mol. The third-order valence-corrected chi connectivity index (χ3v) is 6.15. The first kappa shape index (κ1) is 26.6. The normalized spacial score (nSPS) is 19.3. The smallest absolute Gasteiger partial charge is 0.407 e. The summed E-state index contributed by atoms with van der Waals surface area (Å²) in [6.07, 6.45) is 3.34. The minimum atomic E-state index is -1.21. The highest BCUT2D eigenvalue weighted by Crippen LogP contribution is 2.38. The fourth-order valence-corrected chi connectivity index (χ4v) is 4.40. The van der Waals surface area contributed by atoms with E-state index < -0.39 is 34.7 Å². The van der Waals surface area contributed by atoms with Crippen molar-refractivity contribution in [2.24, 2.45) is 0 Å². The molecule has 37 heavy (non-hydrogen) atoms. The fraction of sp³-hybridized carbons (Fsp3) is 0.519. The summed E-state index contributed by atoms with van der Waals surface area (Å²) in [6, 6.07) is 0.564. The lowest BCUT2D eigenvalue weighted by molar-refractivity contribution is 0.0502. The maximum atomic E-state index is 15.0. The van der Waals surface area contributed by atoms with Crippen LogP contribution in [0.5, 0.6) is 0 Å². The molecule has 2 aliphatic rings. The Kier molecular flexibility index (Phi) is 7.55. The van der Waals surface area contributed by atoms with E-state index in [9.17, 15) is 23.2 Å². The van der Waals surface area contributed by atoms with Crippen LogP contribution in [-0.4, -0.2) is 47.5 Å². The molecule has 0 bridgehead atoms. The van der Waals surface area contributed by atoms with Gasteiger partial charge in [-0.25, -0.2) is 18.4 Å². The zero-order valence-corrected chi connectivity index (χ0v) is 21.4. The number of carbonyl (C=O) groups excluding carboxylic acids is 2. The van der Waals surface area contributed by atoms with E-state index >= 15 is 0 Å². The van der Waals surface area contributed by atoms with Crippen LogP contribution in [0.3, 0.4) is 0 Å². The molecule has 2 atom stereocenters. The summed E-state index contributed by atoms with van der Waals surface area (Å²) >= 11 is 0. The summed E-state index contributed by atoms with van der Waals surface area (Å²) in [4.78, 5) is 37.4. The van der Waals surface area contributed by atoms with E-state index in [1.807, 2.05) is 0 Å². The second-order valence-electron chi connectivity index (χ2n) is 10.4. The Bertz CT molecular complexity index is 1350. The number of nitrogens with zero attached hydrogens (tertiary/aromatic N) is 1. The van der Waals surface area contributed by atoms with E-state index in [1.54, 1.807) is 32.3 Å². The van der Waals surface area contributed by atoms with Gasteiger partial charge in [0.2, 0.25) is 5.43 Å². The number of ether oxygens (including phenoxy) is 2. The first-order valence-corrected chi connectivity index (χ1v) is 12.4. The molecule has 1 saturated carbocycles. The quantitative estimate of drug-likeness (QED) is 0.465. The highest BCUT2D eigenvalue weighted by atomic mass is 19.2. The molecule has 4 rings (SSSR count). The molecule has 2 aromatic rings. The number of benzene rings is 1. The van der Waals surface area contributed by atoms with Crippen molar-refractivity contribution < 1.29 is 27.8 Å². The largest absolute Gasteiger partial charge is 0.462 e. The number of pyridine rings is 1. The van der Waals surface area contributed by atoms with Crippen LogP contribution in [0.1, 0.15) is 75.3 Å². The lowest BCUT2D eigenvalue weighted by Gasteiger charge is -2.21. The Hall–Kier alpha value is -3.45.